The Morgan fingerprint density at radius 1 is 0.606 bits per heavy atom. The SMILES string of the molecule is CCCCOP(=O)([O-])CC(CC)CCCC.CCCCOP(=O)([O-])CC(CC)CCCC.[Co+2]. The van der Waals surface area contributed by atoms with Crippen LogP contribution in [0.2, 0.25) is 0 Å². The summed E-state index contributed by atoms with van der Waals surface area (Å²) >= 11 is 0. The topological polar surface area (TPSA) is 98.7 Å². The maximum absolute atomic E-state index is 11.6. The van der Waals surface area contributed by atoms with Gasteiger partial charge in [0, 0.05) is 12.3 Å². The molecule has 0 aliphatic heterocycles. The Balaban J connectivity index is -0.000000529. The maximum Gasteiger partial charge on any atom is 2.00 e. The van der Waals surface area contributed by atoms with Crippen LogP contribution in [0.4, 0.5) is 0 Å². The van der Waals surface area contributed by atoms with Crippen LogP contribution in [0.15, 0.2) is 0 Å². The molecule has 0 N–H and O–H groups in total. The van der Waals surface area contributed by atoms with Crippen LogP contribution < -0.4 is 9.79 Å². The first-order chi connectivity index (χ1) is 15.1. The second-order valence-corrected chi connectivity index (χ2v) is 12.5. The molecule has 0 aromatic heterocycles. The monoisotopic (exact) mass is 557 g/mol. The van der Waals surface area contributed by atoms with Crippen molar-refractivity contribution in [1.82, 2.24) is 0 Å². The minimum absolute atomic E-state index is 0. The number of unbranched alkanes of at least 4 members (excludes halogenated alkanes) is 4. The molecule has 0 amide bonds. The summed E-state index contributed by atoms with van der Waals surface area (Å²) in [5.74, 6) is 0.537. The van der Waals surface area contributed by atoms with Crippen LogP contribution in [-0.4, -0.2) is 25.5 Å². The minimum Gasteiger partial charge on any atom is -0.778 e. The summed E-state index contributed by atoms with van der Waals surface area (Å²) in [6, 6.07) is 0. The van der Waals surface area contributed by atoms with E-state index in [2.05, 4.69) is 13.8 Å². The van der Waals surface area contributed by atoms with E-state index in [4.69, 9.17) is 9.05 Å². The molecule has 33 heavy (non-hydrogen) atoms. The van der Waals surface area contributed by atoms with Gasteiger partial charge in [0.2, 0.25) is 0 Å². The van der Waals surface area contributed by atoms with E-state index in [0.717, 1.165) is 77.0 Å². The minimum atomic E-state index is -3.59. The largest absolute Gasteiger partial charge is 2.00 e. The molecule has 0 aromatic rings. The Morgan fingerprint density at radius 3 is 1.15 bits per heavy atom. The van der Waals surface area contributed by atoms with E-state index in [1.165, 1.54) is 0 Å². The first-order valence-electron chi connectivity index (χ1n) is 13.0. The van der Waals surface area contributed by atoms with Crippen LogP contribution in [0.3, 0.4) is 0 Å². The van der Waals surface area contributed by atoms with Gasteiger partial charge in [0.25, 0.3) is 0 Å². The summed E-state index contributed by atoms with van der Waals surface area (Å²) in [4.78, 5) is 23.3. The molecule has 4 atom stereocenters. The third-order valence-corrected chi connectivity index (χ3v) is 8.70. The van der Waals surface area contributed by atoms with E-state index in [0.29, 0.717) is 13.2 Å². The molecule has 0 fully saturated rings. The molecule has 4 unspecified atom stereocenters. The summed E-state index contributed by atoms with van der Waals surface area (Å²) in [7, 11) is -7.17. The number of hydrogen-bond donors (Lipinski definition) is 0. The van der Waals surface area contributed by atoms with E-state index < -0.39 is 15.2 Å². The van der Waals surface area contributed by atoms with E-state index in [9.17, 15) is 18.9 Å². The normalized spacial score (nSPS) is 16.5. The van der Waals surface area contributed by atoms with Gasteiger partial charge in [0.15, 0.2) is 0 Å². The van der Waals surface area contributed by atoms with Crippen LogP contribution in [0.25, 0.3) is 0 Å². The average Bonchev–Trinajstić information content (AvgIpc) is 2.74. The third-order valence-electron chi connectivity index (χ3n) is 5.62. The van der Waals surface area contributed by atoms with Crippen LogP contribution in [-0.2, 0) is 35.0 Å². The smallest absolute Gasteiger partial charge is 0.778 e. The molecule has 1 radical (unpaired) electrons. The van der Waals surface area contributed by atoms with E-state index in [1.54, 1.807) is 0 Å². The molecule has 0 aliphatic rings. The summed E-state index contributed by atoms with van der Waals surface area (Å²) in [6.45, 7) is 13.1. The molecule has 0 saturated carbocycles. The predicted molar refractivity (Wildman–Crippen MR) is 133 cm³/mol. The fourth-order valence-corrected chi connectivity index (χ4v) is 6.44. The van der Waals surface area contributed by atoms with Crippen LogP contribution in [0.5, 0.6) is 0 Å². The zero-order valence-electron chi connectivity index (χ0n) is 22.1. The zero-order valence-corrected chi connectivity index (χ0v) is 25.0. The van der Waals surface area contributed by atoms with Gasteiger partial charge >= 0.3 is 16.8 Å². The molecule has 203 valence electrons. The van der Waals surface area contributed by atoms with Gasteiger partial charge in [-0.15, -0.1) is 0 Å². The predicted octanol–water partition coefficient (Wildman–Crippen LogP) is 7.14. The Hall–Kier alpha value is 0.806. The molecule has 9 heteroatoms. The van der Waals surface area contributed by atoms with Crippen molar-refractivity contribution < 1.29 is 44.7 Å². The van der Waals surface area contributed by atoms with Crippen LogP contribution >= 0.6 is 15.2 Å². The van der Waals surface area contributed by atoms with Crippen molar-refractivity contribution in [3.05, 3.63) is 0 Å². The summed E-state index contributed by atoms with van der Waals surface area (Å²) in [5, 5.41) is 0. The molecule has 0 rings (SSSR count). The van der Waals surface area contributed by atoms with Gasteiger partial charge in [-0.1, -0.05) is 92.9 Å². The van der Waals surface area contributed by atoms with Crippen molar-refractivity contribution in [1.29, 1.82) is 0 Å². The Kier molecular flexibility index (Phi) is 28.5. The molecular weight excluding hydrogens is 505 g/mol. The van der Waals surface area contributed by atoms with Crippen LogP contribution in [0, 0.1) is 11.8 Å². The maximum atomic E-state index is 11.6. The summed E-state index contributed by atoms with van der Waals surface area (Å²) in [6.07, 6.45) is 12.3. The summed E-state index contributed by atoms with van der Waals surface area (Å²) < 4.78 is 33.3. The van der Waals surface area contributed by atoms with Gasteiger partial charge < -0.3 is 28.0 Å². The molecular formula is C24H52CoO6P2. The molecule has 0 aromatic carbocycles. The molecule has 0 aliphatic carbocycles. The van der Waals surface area contributed by atoms with Crippen molar-refractivity contribution in [2.45, 2.75) is 119 Å². The average molecular weight is 558 g/mol. The second-order valence-electron chi connectivity index (χ2n) is 8.79. The Morgan fingerprint density at radius 2 is 0.909 bits per heavy atom. The molecule has 0 spiro atoms. The van der Waals surface area contributed by atoms with Gasteiger partial charge in [0.1, 0.15) is 15.2 Å². The quantitative estimate of drug-likeness (QED) is 0.117. The Bertz CT molecular complexity index is 463. The van der Waals surface area contributed by atoms with Crippen molar-refractivity contribution in [3.63, 3.8) is 0 Å². The van der Waals surface area contributed by atoms with Gasteiger partial charge in [-0.05, 0) is 37.5 Å². The number of rotatable bonds is 20. The second kappa shape index (κ2) is 24.5. The first-order valence-corrected chi connectivity index (χ1v) is 16.5. The molecule has 0 heterocycles. The fourth-order valence-electron chi connectivity index (χ4n) is 3.27. The van der Waals surface area contributed by atoms with Crippen molar-refractivity contribution >= 4 is 15.2 Å². The Labute approximate surface area is 215 Å². The van der Waals surface area contributed by atoms with Crippen molar-refractivity contribution in [2.24, 2.45) is 11.8 Å². The molecule has 0 saturated heterocycles. The van der Waals surface area contributed by atoms with Crippen molar-refractivity contribution in [3.8, 4) is 0 Å². The van der Waals surface area contributed by atoms with E-state index in [1.807, 2.05) is 27.7 Å². The van der Waals surface area contributed by atoms with E-state index >= 15 is 0 Å². The third kappa shape index (κ3) is 25.7. The van der Waals surface area contributed by atoms with Gasteiger partial charge in [-0.25, -0.2) is 0 Å². The zero-order chi connectivity index (χ0) is 24.9. The first kappa shape index (κ1) is 38.3. The van der Waals surface area contributed by atoms with Gasteiger partial charge in [-0.2, -0.15) is 0 Å². The van der Waals surface area contributed by atoms with Gasteiger partial charge in [-0.3, -0.25) is 0 Å². The van der Waals surface area contributed by atoms with Gasteiger partial charge in [0.05, 0.1) is 13.2 Å². The van der Waals surface area contributed by atoms with Crippen LogP contribution in [0.1, 0.15) is 119 Å². The van der Waals surface area contributed by atoms with Crippen molar-refractivity contribution in [2.75, 3.05) is 25.5 Å². The number of hydrogen-bond acceptors (Lipinski definition) is 6. The fraction of sp³-hybridized carbons (Fsp3) is 1.00. The standard InChI is InChI=1S/2C12H27O3P.Co/c2*1-4-7-9-12(6-3)11-16(13,14)15-10-8-5-2;/h2*12H,4-11H2,1-3H3,(H,13,14);/q;;+2/p-2. The van der Waals surface area contributed by atoms with E-state index in [-0.39, 0.29) is 40.9 Å². The molecule has 6 nitrogen and oxygen atoms in total. The summed E-state index contributed by atoms with van der Waals surface area (Å²) in [5.41, 5.74) is 0. The molecule has 0 bridgehead atoms.